The number of nitrogens with zero attached hydrogens (tertiary/aromatic N) is 4. The fourth-order valence-electron chi connectivity index (χ4n) is 2.31. The summed E-state index contributed by atoms with van der Waals surface area (Å²) >= 11 is 3.30. The third-order valence-electron chi connectivity index (χ3n) is 4.07. The lowest BCUT2D eigenvalue weighted by molar-refractivity contribution is -0.441. The zero-order chi connectivity index (χ0) is 16.9. The minimum absolute atomic E-state index is 0.114. The molecule has 0 unspecified atom stereocenters. The quantitative estimate of drug-likeness (QED) is 0.656. The smallest absolute Gasteiger partial charge is 0.235 e. The second-order valence-corrected chi connectivity index (χ2v) is 7.96. The number of fused-ring (bicyclic) bond motifs is 1. The highest BCUT2D eigenvalue weighted by molar-refractivity contribution is 8.01. The van der Waals surface area contributed by atoms with Gasteiger partial charge in [-0.2, -0.15) is 4.52 Å². The Hall–Kier alpha value is -1.70. The molecular formula is C17H22N5S2+. The van der Waals surface area contributed by atoms with Crippen molar-refractivity contribution in [3.05, 3.63) is 47.8 Å². The van der Waals surface area contributed by atoms with E-state index in [1.165, 1.54) is 5.56 Å². The molecule has 0 aliphatic rings. The third-order valence-corrected chi connectivity index (χ3v) is 6.06. The minimum atomic E-state index is 0.114. The van der Waals surface area contributed by atoms with Crippen LogP contribution in [0.3, 0.4) is 0 Å². The SMILES string of the molecule is CC[C@H](C)[C@H]([NH3+])c1nnc2sc(SC/C=C/c3ccccc3)nn12. The van der Waals surface area contributed by atoms with Gasteiger partial charge in [-0.1, -0.05) is 79.4 Å². The van der Waals surface area contributed by atoms with Crippen LogP contribution in [0.2, 0.25) is 0 Å². The predicted octanol–water partition coefficient (Wildman–Crippen LogP) is 3.32. The molecule has 0 spiro atoms. The Balaban J connectivity index is 1.66. The van der Waals surface area contributed by atoms with Crippen molar-refractivity contribution in [3.63, 3.8) is 0 Å². The first-order valence-corrected chi connectivity index (χ1v) is 9.89. The van der Waals surface area contributed by atoms with E-state index in [1.807, 2.05) is 22.7 Å². The van der Waals surface area contributed by atoms with Gasteiger partial charge < -0.3 is 5.73 Å². The molecule has 7 heteroatoms. The number of rotatable bonds is 7. The van der Waals surface area contributed by atoms with E-state index in [2.05, 4.69) is 59.2 Å². The number of thioether (sulfide) groups is 1. The highest BCUT2D eigenvalue weighted by Gasteiger charge is 2.24. The second kappa shape index (κ2) is 7.92. The number of hydrogen-bond acceptors (Lipinski definition) is 5. The molecule has 24 heavy (non-hydrogen) atoms. The van der Waals surface area contributed by atoms with Crippen molar-refractivity contribution in [2.24, 2.45) is 5.92 Å². The molecule has 0 saturated carbocycles. The Morgan fingerprint density at radius 1 is 1.29 bits per heavy atom. The van der Waals surface area contributed by atoms with Crippen LogP contribution in [0.25, 0.3) is 11.0 Å². The topological polar surface area (TPSA) is 70.7 Å². The lowest BCUT2D eigenvalue weighted by Gasteiger charge is -2.11. The highest BCUT2D eigenvalue weighted by atomic mass is 32.2. The maximum absolute atomic E-state index is 4.65. The van der Waals surface area contributed by atoms with Gasteiger partial charge in [-0.25, -0.2) is 0 Å². The summed E-state index contributed by atoms with van der Waals surface area (Å²) in [7, 11) is 0. The molecule has 3 aromatic rings. The van der Waals surface area contributed by atoms with Crippen molar-refractivity contribution in [3.8, 4) is 0 Å². The van der Waals surface area contributed by atoms with Crippen molar-refractivity contribution in [2.75, 3.05) is 5.75 Å². The zero-order valence-electron chi connectivity index (χ0n) is 13.9. The van der Waals surface area contributed by atoms with Crippen LogP contribution in [0.5, 0.6) is 0 Å². The van der Waals surface area contributed by atoms with E-state index in [-0.39, 0.29) is 6.04 Å². The highest BCUT2D eigenvalue weighted by Crippen LogP contribution is 2.27. The van der Waals surface area contributed by atoms with Gasteiger partial charge in [-0.15, -0.1) is 15.3 Å². The molecule has 0 fully saturated rings. The summed E-state index contributed by atoms with van der Waals surface area (Å²) in [5.74, 6) is 2.21. The van der Waals surface area contributed by atoms with Crippen molar-refractivity contribution < 1.29 is 5.73 Å². The first kappa shape index (κ1) is 17.1. The summed E-state index contributed by atoms with van der Waals surface area (Å²) in [6, 6.07) is 10.4. The molecule has 0 bridgehead atoms. The first-order chi connectivity index (χ1) is 11.7. The van der Waals surface area contributed by atoms with Gasteiger partial charge in [0, 0.05) is 11.7 Å². The molecule has 2 atom stereocenters. The molecule has 0 amide bonds. The summed E-state index contributed by atoms with van der Waals surface area (Å²) in [4.78, 5) is 0.844. The van der Waals surface area contributed by atoms with Crippen LogP contribution in [-0.2, 0) is 0 Å². The van der Waals surface area contributed by atoms with Crippen LogP contribution in [0.4, 0.5) is 0 Å². The summed E-state index contributed by atoms with van der Waals surface area (Å²) < 4.78 is 2.87. The molecule has 5 nitrogen and oxygen atoms in total. The largest absolute Gasteiger partial charge is 0.348 e. The van der Waals surface area contributed by atoms with Crippen LogP contribution < -0.4 is 5.73 Å². The average molecular weight is 361 g/mol. The van der Waals surface area contributed by atoms with Gasteiger partial charge in [0.25, 0.3) is 0 Å². The van der Waals surface area contributed by atoms with E-state index in [9.17, 15) is 0 Å². The minimum Gasteiger partial charge on any atom is -0.348 e. The van der Waals surface area contributed by atoms with Gasteiger partial charge in [0.05, 0.1) is 0 Å². The average Bonchev–Trinajstić information content (AvgIpc) is 3.18. The van der Waals surface area contributed by atoms with Gasteiger partial charge in [0.1, 0.15) is 6.04 Å². The molecule has 0 saturated heterocycles. The van der Waals surface area contributed by atoms with Gasteiger partial charge >= 0.3 is 0 Å². The Morgan fingerprint density at radius 2 is 2.08 bits per heavy atom. The Kier molecular flexibility index (Phi) is 5.65. The Labute approximate surface area is 150 Å². The molecule has 0 aliphatic heterocycles. The van der Waals surface area contributed by atoms with E-state index >= 15 is 0 Å². The van der Waals surface area contributed by atoms with Crippen LogP contribution >= 0.6 is 23.1 Å². The molecule has 2 heterocycles. The summed E-state index contributed by atoms with van der Waals surface area (Å²) in [5.41, 5.74) is 5.46. The van der Waals surface area contributed by atoms with Crippen LogP contribution in [0, 0.1) is 5.92 Å². The van der Waals surface area contributed by atoms with Gasteiger partial charge in [0.15, 0.2) is 4.34 Å². The molecule has 0 aliphatic carbocycles. The maximum Gasteiger partial charge on any atom is 0.235 e. The van der Waals surface area contributed by atoms with Crippen LogP contribution in [0.1, 0.15) is 37.7 Å². The summed E-state index contributed by atoms with van der Waals surface area (Å²) in [6.45, 7) is 4.36. The Bertz CT molecular complexity index is 809. The standard InChI is InChI=1S/C17H21N5S2/c1-3-12(2)14(18)15-19-20-16-22(15)21-17(24-16)23-11-7-10-13-8-5-4-6-9-13/h4-10,12,14H,3,11,18H2,1-2H3/p+1/b10-7+/t12-,14-/m0/s1. The monoisotopic (exact) mass is 360 g/mol. The number of benzene rings is 1. The van der Waals surface area contributed by atoms with E-state index in [4.69, 9.17) is 0 Å². The van der Waals surface area contributed by atoms with E-state index in [0.29, 0.717) is 5.92 Å². The van der Waals surface area contributed by atoms with E-state index < -0.39 is 0 Å². The molecule has 1 aromatic carbocycles. The lowest BCUT2D eigenvalue weighted by Crippen LogP contribution is -2.57. The molecule has 2 aromatic heterocycles. The summed E-state index contributed by atoms with van der Waals surface area (Å²) in [5, 5.41) is 13.2. The van der Waals surface area contributed by atoms with Crippen molar-refractivity contribution in [1.82, 2.24) is 19.8 Å². The molecule has 3 rings (SSSR count). The normalized spacial score (nSPS) is 14.5. The van der Waals surface area contributed by atoms with E-state index in [1.54, 1.807) is 23.1 Å². The van der Waals surface area contributed by atoms with E-state index in [0.717, 1.165) is 27.3 Å². The fraction of sp³-hybridized carbons (Fsp3) is 0.353. The number of hydrogen-bond donors (Lipinski definition) is 1. The number of quaternary nitrogens is 1. The van der Waals surface area contributed by atoms with Crippen molar-refractivity contribution in [2.45, 2.75) is 30.6 Å². The Morgan fingerprint density at radius 3 is 2.83 bits per heavy atom. The fourth-order valence-corrected chi connectivity index (χ4v) is 4.03. The first-order valence-electron chi connectivity index (χ1n) is 8.08. The lowest BCUT2D eigenvalue weighted by atomic mass is 10.00. The van der Waals surface area contributed by atoms with Gasteiger partial charge in [-0.3, -0.25) is 0 Å². The van der Waals surface area contributed by atoms with Crippen molar-refractivity contribution in [1.29, 1.82) is 0 Å². The van der Waals surface area contributed by atoms with Crippen LogP contribution in [0.15, 0.2) is 40.7 Å². The third kappa shape index (κ3) is 3.85. The zero-order valence-corrected chi connectivity index (χ0v) is 15.6. The predicted molar refractivity (Wildman–Crippen MR) is 99.9 cm³/mol. The molecule has 0 radical (unpaired) electrons. The summed E-state index contributed by atoms with van der Waals surface area (Å²) in [6.07, 6.45) is 5.36. The second-order valence-electron chi connectivity index (χ2n) is 5.74. The van der Waals surface area contributed by atoms with Crippen LogP contribution in [-0.4, -0.2) is 25.6 Å². The molecule has 3 N–H and O–H groups in total. The molecular weight excluding hydrogens is 338 g/mol. The van der Waals surface area contributed by atoms with Gasteiger partial charge in [0.2, 0.25) is 10.8 Å². The maximum atomic E-state index is 4.65. The van der Waals surface area contributed by atoms with Gasteiger partial charge in [-0.05, 0) is 12.0 Å². The molecule has 126 valence electrons. The van der Waals surface area contributed by atoms with Crippen molar-refractivity contribution >= 4 is 34.1 Å². The number of aromatic nitrogens is 4.